The van der Waals surface area contributed by atoms with Crippen molar-refractivity contribution in [3.63, 3.8) is 0 Å². The van der Waals surface area contributed by atoms with Crippen LogP contribution in [0.3, 0.4) is 0 Å². The van der Waals surface area contributed by atoms with Crippen LogP contribution in [0, 0.1) is 18.3 Å². The standard InChI is InChI=1S/C18H16N2O.C9H6N4/c1-12-16(18(21)20-14-8-3-2-4-9-14)11-13-7-5-6-10-15(13)17(12)19;10-5-8-6-12-13(7-8)9-3-1-2-4-11-9/h2-11H,19H2,1H3,(H,20,21);1-4,6-7H. The van der Waals surface area contributed by atoms with Crippen LogP contribution in [0.15, 0.2) is 97.5 Å². The van der Waals surface area contributed by atoms with Gasteiger partial charge >= 0.3 is 0 Å². The number of nitrogens with one attached hydrogen (secondary N) is 1. The summed E-state index contributed by atoms with van der Waals surface area (Å²) in [7, 11) is 0. The van der Waals surface area contributed by atoms with Gasteiger partial charge in [0.05, 0.1) is 18.0 Å². The van der Waals surface area contributed by atoms with Crippen molar-refractivity contribution in [2.24, 2.45) is 0 Å². The normalized spacial score (nSPS) is 10.1. The van der Waals surface area contributed by atoms with Gasteiger partial charge in [-0.3, -0.25) is 4.79 Å². The van der Waals surface area contributed by atoms with Crippen molar-refractivity contribution in [3.05, 3.63) is 114 Å². The van der Waals surface area contributed by atoms with Crippen molar-refractivity contribution >= 4 is 28.1 Å². The molecule has 2 aromatic heterocycles. The number of hydrogen-bond donors (Lipinski definition) is 2. The molecule has 3 N–H and O–H groups in total. The first-order valence-electron chi connectivity index (χ1n) is 10.6. The maximum absolute atomic E-state index is 12.5. The summed E-state index contributed by atoms with van der Waals surface area (Å²) in [6, 6.07) is 26.6. The average molecular weight is 447 g/mol. The van der Waals surface area contributed by atoms with Crippen LogP contribution in [-0.4, -0.2) is 20.7 Å². The summed E-state index contributed by atoms with van der Waals surface area (Å²) < 4.78 is 1.57. The Kier molecular flexibility index (Phi) is 6.61. The van der Waals surface area contributed by atoms with Crippen molar-refractivity contribution in [3.8, 4) is 11.9 Å². The minimum Gasteiger partial charge on any atom is -0.398 e. The fraction of sp³-hybridized carbons (Fsp3) is 0.0370. The molecule has 0 radical (unpaired) electrons. The molecule has 2 heterocycles. The molecule has 3 aromatic carbocycles. The van der Waals surface area contributed by atoms with Gasteiger partial charge in [0, 0.05) is 28.5 Å². The molecular weight excluding hydrogens is 424 g/mol. The largest absolute Gasteiger partial charge is 0.398 e. The molecule has 34 heavy (non-hydrogen) atoms. The third kappa shape index (κ3) is 4.92. The van der Waals surface area contributed by atoms with E-state index < -0.39 is 0 Å². The molecule has 0 saturated heterocycles. The Balaban J connectivity index is 0.000000180. The highest BCUT2D eigenvalue weighted by atomic mass is 16.1. The quantitative estimate of drug-likeness (QED) is 0.374. The topological polar surface area (TPSA) is 110 Å². The number of carbonyl (C=O) groups excluding carboxylic acids is 1. The van der Waals surface area contributed by atoms with Crippen LogP contribution in [0.25, 0.3) is 16.6 Å². The Bertz CT molecular complexity index is 1470. The number of rotatable bonds is 3. The fourth-order valence-corrected chi connectivity index (χ4v) is 3.43. The molecule has 0 atom stereocenters. The lowest BCUT2D eigenvalue weighted by atomic mass is 9.99. The van der Waals surface area contributed by atoms with Crippen molar-refractivity contribution < 1.29 is 4.79 Å². The Morgan fingerprint density at radius 1 is 1.03 bits per heavy atom. The molecule has 0 aliphatic carbocycles. The second-order valence-electron chi connectivity index (χ2n) is 7.48. The van der Waals surface area contributed by atoms with Gasteiger partial charge in [-0.2, -0.15) is 10.4 Å². The van der Waals surface area contributed by atoms with Gasteiger partial charge in [0.2, 0.25) is 0 Å². The summed E-state index contributed by atoms with van der Waals surface area (Å²) in [5, 5.41) is 17.4. The second kappa shape index (κ2) is 10.1. The molecule has 0 unspecified atom stereocenters. The molecule has 5 rings (SSSR count). The Hall–Kier alpha value is -4.96. The van der Waals surface area contributed by atoms with E-state index >= 15 is 0 Å². The van der Waals surface area contributed by atoms with Crippen LogP contribution in [0.4, 0.5) is 11.4 Å². The van der Waals surface area contributed by atoms with Gasteiger partial charge in [0.25, 0.3) is 5.91 Å². The van der Waals surface area contributed by atoms with Crippen molar-refractivity contribution in [2.75, 3.05) is 11.1 Å². The number of nitrogens with zero attached hydrogens (tertiary/aromatic N) is 4. The first-order valence-corrected chi connectivity index (χ1v) is 10.6. The number of pyridine rings is 1. The third-order valence-electron chi connectivity index (χ3n) is 5.23. The Morgan fingerprint density at radius 2 is 1.76 bits per heavy atom. The fourth-order valence-electron chi connectivity index (χ4n) is 3.43. The van der Waals surface area contributed by atoms with Crippen molar-refractivity contribution in [2.45, 2.75) is 6.92 Å². The molecule has 0 aliphatic rings. The van der Waals surface area contributed by atoms with E-state index in [0.29, 0.717) is 22.6 Å². The molecule has 0 bridgehead atoms. The lowest BCUT2D eigenvalue weighted by Gasteiger charge is -2.12. The molecule has 166 valence electrons. The number of benzene rings is 3. The number of anilines is 2. The van der Waals surface area contributed by atoms with Crippen molar-refractivity contribution in [1.29, 1.82) is 5.26 Å². The third-order valence-corrected chi connectivity index (χ3v) is 5.23. The molecule has 0 fully saturated rings. The van der Waals surface area contributed by atoms with E-state index in [1.165, 1.54) is 6.20 Å². The van der Waals surface area contributed by atoms with Crippen LogP contribution in [0.5, 0.6) is 0 Å². The van der Waals surface area contributed by atoms with Gasteiger partial charge in [0.1, 0.15) is 6.07 Å². The number of nitriles is 1. The van der Waals surface area contributed by atoms with Gasteiger partial charge in [0.15, 0.2) is 5.82 Å². The SMILES string of the molecule is Cc1c(C(=O)Nc2ccccc2)cc2ccccc2c1N.N#Cc1cnn(-c2ccccn2)c1. The van der Waals surface area contributed by atoms with E-state index in [2.05, 4.69) is 15.4 Å². The van der Waals surface area contributed by atoms with Gasteiger partial charge in [-0.15, -0.1) is 0 Å². The minimum absolute atomic E-state index is 0.142. The number of nitrogen functional groups attached to an aromatic ring is 1. The zero-order valence-electron chi connectivity index (χ0n) is 18.5. The smallest absolute Gasteiger partial charge is 0.256 e. The van der Waals surface area contributed by atoms with E-state index in [9.17, 15) is 4.79 Å². The number of para-hydroxylation sites is 1. The first-order chi connectivity index (χ1) is 16.6. The second-order valence-corrected chi connectivity index (χ2v) is 7.48. The van der Waals surface area contributed by atoms with Crippen LogP contribution in [0.2, 0.25) is 0 Å². The molecule has 1 amide bonds. The Morgan fingerprint density at radius 3 is 2.47 bits per heavy atom. The minimum atomic E-state index is -0.142. The van der Waals surface area contributed by atoms with E-state index in [-0.39, 0.29) is 5.91 Å². The van der Waals surface area contributed by atoms with Crippen LogP contribution in [-0.2, 0) is 0 Å². The first kappa shape index (κ1) is 22.2. The predicted octanol–water partition coefficient (Wildman–Crippen LogP) is 5.12. The highest BCUT2D eigenvalue weighted by Gasteiger charge is 2.14. The Labute approximate surface area is 197 Å². The monoisotopic (exact) mass is 446 g/mol. The summed E-state index contributed by atoms with van der Waals surface area (Å²) in [5.41, 5.74) is 9.55. The van der Waals surface area contributed by atoms with Crippen LogP contribution < -0.4 is 11.1 Å². The molecule has 0 saturated carbocycles. The van der Waals surface area contributed by atoms with Gasteiger partial charge < -0.3 is 11.1 Å². The number of amides is 1. The highest BCUT2D eigenvalue weighted by Crippen LogP contribution is 2.28. The highest BCUT2D eigenvalue weighted by molar-refractivity contribution is 6.10. The zero-order valence-corrected chi connectivity index (χ0v) is 18.5. The van der Waals surface area contributed by atoms with Gasteiger partial charge in [-0.25, -0.2) is 9.67 Å². The molecule has 5 aromatic rings. The molecular formula is C27H22N6O. The molecule has 0 aliphatic heterocycles. The number of carbonyl (C=O) groups is 1. The molecule has 7 nitrogen and oxygen atoms in total. The van der Waals surface area contributed by atoms with E-state index in [4.69, 9.17) is 11.0 Å². The van der Waals surface area contributed by atoms with Crippen molar-refractivity contribution in [1.82, 2.24) is 14.8 Å². The lowest BCUT2D eigenvalue weighted by Crippen LogP contribution is -2.14. The predicted molar refractivity (Wildman–Crippen MR) is 134 cm³/mol. The molecule has 0 spiro atoms. The van der Waals surface area contributed by atoms with E-state index in [1.54, 1.807) is 17.1 Å². The van der Waals surface area contributed by atoms with Crippen LogP contribution >= 0.6 is 0 Å². The zero-order chi connectivity index (χ0) is 23.9. The van der Waals surface area contributed by atoms with Gasteiger partial charge in [-0.1, -0.05) is 48.5 Å². The summed E-state index contributed by atoms with van der Waals surface area (Å²) in [4.78, 5) is 16.6. The maximum Gasteiger partial charge on any atom is 0.256 e. The number of nitrogens with two attached hydrogens (primary N) is 1. The van der Waals surface area contributed by atoms with E-state index in [0.717, 1.165) is 22.0 Å². The van der Waals surface area contributed by atoms with Gasteiger partial charge in [-0.05, 0) is 48.2 Å². The summed E-state index contributed by atoms with van der Waals surface area (Å²) >= 11 is 0. The number of fused-ring (bicyclic) bond motifs is 1. The summed E-state index contributed by atoms with van der Waals surface area (Å²) in [6.07, 6.45) is 4.83. The molecule has 7 heteroatoms. The average Bonchev–Trinajstić information content (AvgIpc) is 3.37. The number of hydrogen-bond acceptors (Lipinski definition) is 5. The maximum atomic E-state index is 12.5. The number of aromatic nitrogens is 3. The van der Waals surface area contributed by atoms with Crippen LogP contribution in [0.1, 0.15) is 21.5 Å². The van der Waals surface area contributed by atoms with E-state index in [1.807, 2.05) is 91.9 Å². The summed E-state index contributed by atoms with van der Waals surface area (Å²) in [5.74, 6) is 0.570. The summed E-state index contributed by atoms with van der Waals surface area (Å²) in [6.45, 7) is 1.88. The lowest BCUT2D eigenvalue weighted by molar-refractivity contribution is 0.102.